The first-order chi connectivity index (χ1) is 12.7. The first kappa shape index (κ1) is 22.1. The highest BCUT2D eigenvalue weighted by Crippen LogP contribution is 2.24. The molecule has 1 aliphatic heterocycles. The number of rotatable bonds is 6. The lowest BCUT2D eigenvalue weighted by atomic mass is 10.1. The van der Waals surface area contributed by atoms with E-state index in [2.05, 4.69) is 67.6 Å². The van der Waals surface area contributed by atoms with E-state index in [9.17, 15) is 0 Å². The van der Waals surface area contributed by atoms with Crippen molar-refractivity contribution in [1.82, 2.24) is 10.6 Å². The summed E-state index contributed by atoms with van der Waals surface area (Å²) in [6.07, 6.45) is 3.40. The Balaban J connectivity index is 0.00000261. The summed E-state index contributed by atoms with van der Waals surface area (Å²) in [6.45, 7) is 5.26. The molecule has 2 aromatic rings. The van der Waals surface area contributed by atoms with Crippen LogP contribution in [0.2, 0.25) is 0 Å². The van der Waals surface area contributed by atoms with Crippen molar-refractivity contribution in [2.45, 2.75) is 32.2 Å². The standard InChI is InChI=1S/C20H27BrN4O.HI/c1-15(16-6-5-7-17(14-16)25-12-3-4-13-25)24-20(22-2)23-11-10-18-8-9-19(21)26-18;/h5-9,14-15H,3-4,10-13H2,1-2H3,(H2,22,23,24);1H. The van der Waals surface area contributed by atoms with Crippen LogP contribution in [0.4, 0.5) is 5.69 Å². The van der Waals surface area contributed by atoms with Crippen molar-refractivity contribution >= 4 is 51.6 Å². The first-order valence-corrected chi connectivity index (χ1v) is 10.0. The summed E-state index contributed by atoms with van der Waals surface area (Å²) < 4.78 is 6.29. The SMILES string of the molecule is CN=C(NCCc1ccc(Br)o1)NC(C)c1cccc(N2CCCC2)c1.I. The summed E-state index contributed by atoms with van der Waals surface area (Å²) in [5.41, 5.74) is 2.59. The number of guanidine groups is 1. The van der Waals surface area contributed by atoms with E-state index in [0.29, 0.717) is 0 Å². The smallest absolute Gasteiger partial charge is 0.191 e. The summed E-state index contributed by atoms with van der Waals surface area (Å²) in [7, 11) is 1.80. The molecule has 5 nitrogen and oxygen atoms in total. The molecule has 1 aliphatic rings. The molecule has 0 aliphatic carbocycles. The summed E-state index contributed by atoms with van der Waals surface area (Å²) in [4.78, 5) is 6.80. The van der Waals surface area contributed by atoms with Gasteiger partial charge in [0.05, 0.1) is 6.04 Å². The van der Waals surface area contributed by atoms with E-state index in [-0.39, 0.29) is 30.0 Å². The van der Waals surface area contributed by atoms with Crippen LogP contribution in [0.3, 0.4) is 0 Å². The maximum atomic E-state index is 5.52. The highest BCUT2D eigenvalue weighted by atomic mass is 127. The van der Waals surface area contributed by atoms with Crippen molar-refractivity contribution in [3.8, 4) is 0 Å². The Morgan fingerprint density at radius 1 is 1.26 bits per heavy atom. The number of furan rings is 1. The molecule has 2 heterocycles. The molecule has 1 saturated heterocycles. The molecule has 0 bridgehead atoms. The topological polar surface area (TPSA) is 52.8 Å². The molecule has 0 saturated carbocycles. The first-order valence-electron chi connectivity index (χ1n) is 9.22. The van der Waals surface area contributed by atoms with Gasteiger partial charge in [-0.2, -0.15) is 0 Å². The molecule has 1 fully saturated rings. The number of aliphatic imine (C=N–C) groups is 1. The summed E-state index contributed by atoms with van der Waals surface area (Å²) in [5, 5.41) is 6.82. The second-order valence-electron chi connectivity index (χ2n) is 6.61. The molecule has 0 amide bonds. The van der Waals surface area contributed by atoms with Crippen LogP contribution in [-0.4, -0.2) is 32.6 Å². The second-order valence-corrected chi connectivity index (χ2v) is 7.39. The van der Waals surface area contributed by atoms with Gasteiger partial charge in [0.15, 0.2) is 10.6 Å². The molecule has 1 unspecified atom stereocenters. The highest BCUT2D eigenvalue weighted by Gasteiger charge is 2.14. The molecule has 3 rings (SSSR count). The Hall–Kier alpha value is -1.22. The van der Waals surface area contributed by atoms with E-state index in [4.69, 9.17) is 4.42 Å². The minimum absolute atomic E-state index is 0. The number of hydrogen-bond donors (Lipinski definition) is 2. The number of nitrogens with zero attached hydrogens (tertiary/aromatic N) is 2. The average molecular weight is 547 g/mol. The maximum Gasteiger partial charge on any atom is 0.191 e. The van der Waals surface area contributed by atoms with E-state index < -0.39 is 0 Å². The number of anilines is 1. The van der Waals surface area contributed by atoms with Crippen molar-refractivity contribution in [3.63, 3.8) is 0 Å². The molecule has 0 radical (unpaired) electrons. The van der Waals surface area contributed by atoms with E-state index in [0.717, 1.165) is 42.4 Å². The molecule has 1 aromatic heterocycles. The molecular formula is C20H28BrIN4O. The Kier molecular flexibility index (Phi) is 8.95. The zero-order valence-corrected chi connectivity index (χ0v) is 19.8. The fourth-order valence-corrected chi connectivity index (χ4v) is 3.58. The summed E-state index contributed by atoms with van der Waals surface area (Å²) in [5.74, 6) is 1.75. The van der Waals surface area contributed by atoms with Gasteiger partial charge < -0.3 is 20.0 Å². The van der Waals surface area contributed by atoms with Gasteiger partial charge >= 0.3 is 0 Å². The van der Waals surface area contributed by atoms with Crippen LogP contribution in [-0.2, 0) is 6.42 Å². The molecule has 1 atom stereocenters. The number of hydrogen-bond acceptors (Lipinski definition) is 3. The van der Waals surface area contributed by atoms with E-state index in [1.54, 1.807) is 7.05 Å². The van der Waals surface area contributed by atoms with Gasteiger partial charge in [-0.15, -0.1) is 24.0 Å². The lowest BCUT2D eigenvalue weighted by molar-refractivity contribution is 0.485. The molecule has 7 heteroatoms. The predicted molar refractivity (Wildman–Crippen MR) is 126 cm³/mol. The maximum absolute atomic E-state index is 5.52. The third-order valence-corrected chi connectivity index (χ3v) is 5.14. The van der Waals surface area contributed by atoms with E-state index in [1.165, 1.54) is 24.1 Å². The van der Waals surface area contributed by atoms with Gasteiger partial charge in [-0.3, -0.25) is 4.99 Å². The van der Waals surface area contributed by atoms with Crippen molar-refractivity contribution in [3.05, 3.63) is 52.4 Å². The van der Waals surface area contributed by atoms with Crippen LogP contribution in [0, 0.1) is 0 Å². The fraction of sp³-hybridized carbons (Fsp3) is 0.450. The lowest BCUT2D eigenvalue weighted by Crippen LogP contribution is -2.39. The predicted octanol–water partition coefficient (Wildman–Crippen LogP) is 4.73. The minimum atomic E-state index is 0. The monoisotopic (exact) mass is 546 g/mol. The van der Waals surface area contributed by atoms with Gasteiger partial charge in [0.2, 0.25) is 0 Å². The minimum Gasteiger partial charge on any atom is -0.454 e. The van der Waals surface area contributed by atoms with Gasteiger partial charge in [-0.05, 0) is 65.5 Å². The average Bonchev–Trinajstić information content (AvgIpc) is 3.33. The number of benzene rings is 1. The molecular weight excluding hydrogens is 519 g/mol. The van der Waals surface area contributed by atoms with Gasteiger partial charge in [0.1, 0.15) is 5.76 Å². The van der Waals surface area contributed by atoms with Crippen LogP contribution in [0.25, 0.3) is 0 Å². The van der Waals surface area contributed by atoms with Crippen LogP contribution < -0.4 is 15.5 Å². The molecule has 27 heavy (non-hydrogen) atoms. The number of nitrogens with one attached hydrogen (secondary N) is 2. The van der Waals surface area contributed by atoms with Gasteiger partial charge in [0, 0.05) is 38.8 Å². The zero-order chi connectivity index (χ0) is 18.4. The lowest BCUT2D eigenvalue weighted by Gasteiger charge is -2.22. The van der Waals surface area contributed by atoms with Crippen LogP contribution in [0.5, 0.6) is 0 Å². The highest BCUT2D eigenvalue weighted by molar-refractivity contribution is 14.0. The van der Waals surface area contributed by atoms with E-state index >= 15 is 0 Å². The Labute approximate surface area is 187 Å². The Morgan fingerprint density at radius 2 is 2.04 bits per heavy atom. The van der Waals surface area contributed by atoms with Crippen LogP contribution in [0.15, 0.2) is 50.5 Å². The van der Waals surface area contributed by atoms with Gasteiger partial charge in [0.25, 0.3) is 0 Å². The van der Waals surface area contributed by atoms with Crippen molar-refractivity contribution < 1.29 is 4.42 Å². The van der Waals surface area contributed by atoms with Crippen molar-refractivity contribution in [2.75, 3.05) is 31.6 Å². The second kappa shape index (κ2) is 10.9. The van der Waals surface area contributed by atoms with Crippen molar-refractivity contribution in [2.24, 2.45) is 4.99 Å². The zero-order valence-electron chi connectivity index (χ0n) is 15.9. The van der Waals surface area contributed by atoms with Gasteiger partial charge in [-0.1, -0.05) is 12.1 Å². The number of halogens is 2. The summed E-state index contributed by atoms with van der Waals surface area (Å²) in [6, 6.07) is 12.9. The third-order valence-electron chi connectivity index (χ3n) is 4.71. The Bertz CT molecular complexity index is 743. The van der Waals surface area contributed by atoms with E-state index in [1.807, 2.05) is 12.1 Å². The van der Waals surface area contributed by atoms with Crippen molar-refractivity contribution in [1.29, 1.82) is 0 Å². The van der Waals surface area contributed by atoms with Gasteiger partial charge in [-0.25, -0.2) is 0 Å². The molecule has 1 aromatic carbocycles. The largest absolute Gasteiger partial charge is 0.454 e. The Morgan fingerprint density at radius 3 is 2.70 bits per heavy atom. The third kappa shape index (κ3) is 6.41. The quantitative estimate of drug-likeness (QED) is 0.312. The molecule has 0 spiro atoms. The molecule has 148 valence electrons. The fourth-order valence-electron chi connectivity index (χ4n) is 3.24. The normalized spacial score (nSPS) is 15.4. The van der Waals surface area contributed by atoms with Crippen LogP contribution in [0.1, 0.15) is 37.1 Å². The molecule has 2 N–H and O–H groups in total. The van der Waals surface area contributed by atoms with Crippen LogP contribution >= 0.6 is 39.9 Å². The summed E-state index contributed by atoms with van der Waals surface area (Å²) >= 11 is 3.33.